The number of nitrogens with two attached hydrogens (primary N) is 1. The lowest BCUT2D eigenvalue weighted by atomic mass is 10.5. The molecule has 0 aromatic carbocycles. The van der Waals surface area contributed by atoms with Crippen LogP contribution >= 0.6 is 0 Å². The van der Waals surface area contributed by atoms with E-state index < -0.39 is 13.0 Å². The minimum absolute atomic E-state index is 0.210. The van der Waals surface area contributed by atoms with E-state index in [1.165, 1.54) is 0 Å². The minimum Gasteiger partial charge on any atom is -0.371 e. The number of halogens is 2. The van der Waals surface area contributed by atoms with E-state index in [2.05, 4.69) is 4.74 Å². The molecule has 10 heavy (non-hydrogen) atoms. The van der Waals surface area contributed by atoms with Gasteiger partial charge < -0.3 is 10.5 Å². The van der Waals surface area contributed by atoms with E-state index in [9.17, 15) is 8.78 Å². The van der Waals surface area contributed by atoms with Gasteiger partial charge >= 0.3 is 0 Å². The molecule has 0 rings (SSSR count). The third kappa shape index (κ3) is 7.52. The van der Waals surface area contributed by atoms with Crippen LogP contribution in [0.2, 0.25) is 0 Å². The van der Waals surface area contributed by atoms with Crippen LogP contribution < -0.4 is 5.73 Å². The van der Waals surface area contributed by atoms with E-state index in [0.29, 0.717) is 6.54 Å². The van der Waals surface area contributed by atoms with E-state index in [1.807, 2.05) is 0 Å². The third-order valence-corrected chi connectivity index (χ3v) is 0.761. The second-order valence-electron chi connectivity index (χ2n) is 1.64. The molecule has 0 fully saturated rings. The van der Waals surface area contributed by atoms with Crippen LogP contribution in [0.25, 0.3) is 0 Å². The standard InChI is InChI=1S/C6H11F2NO/c7-6(8)5-10-4-2-1-3-9/h1-2,6H,3-5,9H2/b2-1+. The third-order valence-electron chi connectivity index (χ3n) is 0.761. The van der Waals surface area contributed by atoms with Gasteiger partial charge in [0.05, 0.1) is 6.61 Å². The highest BCUT2D eigenvalue weighted by Gasteiger charge is 1.98. The van der Waals surface area contributed by atoms with Gasteiger partial charge in [0.2, 0.25) is 0 Å². The molecular formula is C6H11F2NO. The molecule has 0 saturated carbocycles. The molecule has 0 aliphatic rings. The molecule has 0 spiro atoms. The first-order chi connectivity index (χ1) is 4.77. The van der Waals surface area contributed by atoms with E-state index in [0.717, 1.165) is 0 Å². The van der Waals surface area contributed by atoms with E-state index >= 15 is 0 Å². The lowest BCUT2D eigenvalue weighted by Crippen LogP contribution is -2.04. The Balaban J connectivity index is 2.97. The van der Waals surface area contributed by atoms with Crippen LogP contribution in [0, 0.1) is 0 Å². The normalized spacial score (nSPS) is 11.6. The maximum absolute atomic E-state index is 11.4. The molecule has 2 nitrogen and oxygen atoms in total. The number of ether oxygens (including phenoxy) is 1. The van der Waals surface area contributed by atoms with E-state index in [-0.39, 0.29) is 6.61 Å². The molecule has 0 unspecified atom stereocenters. The van der Waals surface area contributed by atoms with Crippen LogP contribution in [-0.2, 0) is 4.74 Å². The van der Waals surface area contributed by atoms with E-state index in [4.69, 9.17) is 5.73 Å². The van der Waals surface area contributed by atoms with Crippen LogP contribution in [0.5, 0.6) is 0 Å². The van der Waals surface area contributed by atoms with Crippen LogP contribution in [-0.4, -0.2) is 26.2 Å². The van der Waals surface area contributed by atoms with Crippen molar-refractivity contribution < 1.29 is 13.5 Å². The largest absolute Gasteiger partial charge is 0.371 e. The molecule has 0 atom stereocenters. The van der Waals surface area contributed by atoms with Gasteiger partial charge in [-0.3, -0.25) is 0 Å². The number of alkyl halides is 2. The van der Waals surface area contributed by atoms with Crippen LogP contribution in [0.3, 0.4) is 0 Å². The molecule has 4 heteroatoms. The Bertz CT molecular complexity index is 95.7. The molecule has 0 amide bonds. The van der Waals surface area contributed by atoms with Crippen molar-refractivity contribution in [3.05, 3.63) is 12.2 Å². The maximum atomic E-state index is 11.4. The summed E-state index contributed by atoms with van der Waals surface area (Å²) in [5.41, 5.74) is 5.08. The quantitative estimate of drug-likeness (QED) is 0.465. The molecule has 0 radical (unpaired) electrons. The average molecular weight is 151 g/mol. The van der Waals surface area contributed by atoms with Crippen molar-refractivity contribution in [3.8, 4) is 0 Å². The summed E-state index contributed by atoms with van der Waals surface area (Å²) < 4.78 is 27.2. The Kier molecular flexibility index (Phi) is 6.32. The van der Waals surface area contributed by atoms with Crippen molar-refractivity contribution in [3.63, 3.8) is 0 Å². The fraction of sp³-hybridized carbons (Fsp3) is 0.667. The van der Waals surface area contributed by atoms with Gasteiger partial charge in [-0.2, -0.15) is 0 Å². The molecule has 0 heterocycles. The Labute approximate surface area is 58.7 Å². The molecule has 0 saturated heterocycles. The molecule has 0 aliphatic carbocycles. The van der Waals surface area contributed by atoms with E-state index in [1.54, 1.807) is 12.2 Å². The predicted octanol–water partition coefficient (Wildman–Crippen LogP) is 0.783. The first kappa shape index (κ1) is 9.52. The lowest BCUT2D eigenvalue weighted by molar-refractivity contribution is 0.0286. The fourth-order valence-electron chi connectivity index (χ4n) is 0.389. The Morgan fingerprint density at radius 1 is 1.40 bits per heavy atom. The van der Waals surface area contributed by atoms with Crippen LogP contribution in [0.4, 0.5) is 8.78 Å². The SMILES string of the molecule is NC/C=C/COCC(F)F. The van der Waals surface area contributed by atoms with Crippen LogP contribution in [0.15, 0.2) is 12.2 Å². The summed E-state index contributed by atoms with van der Waals surface area (Å²) in [6.45, 7) is 0.120. The van der Waals surface area contributed by atoms with Gasteiger partial charge in [-0.05, 0) is 0 Å². The zero-order valence-corrected chi connectivity index (χ0v) is 5.59. The van der Waals surface area contributed by atoms with Crippen molar-refractivity contribution in [2.24, 2.45) is 5.73 Å². The van der Waals surface area contributed by atoms with Crippen molar-refractivity contribution in [1.29, 1.82) is 0 Å². The zero-order valence-electron chi connectivity index (χ0n) is 5.59. The van der Waals surface area contributed by atoms with Crippen molar-refractivity contribution >= 4 is 0 Å². The van der Waals surface area contributed by atoms with Crippen molar-refractivity contribution in [2.45, 2.75) is 6.43 Å². The first-order valence-corrected chi connectivity index (χ1v) is 2.98. The Morgan fingerprint density at radius 2 is 2.10 bits per heavy atom. The predicted molar refractivity (Wildman–Crippen MR) is 35.0 cm³/mol. The molecule has 0 aliphatic heterocycles. The molecular weight excluding hydrogens is 140 g/mol. The lowest BCUT2D eigenvalue weighted by Gasteiger charge is -1.97. The average Bonchev–Trinajstić information content (AvgIpc) is 1.87. The Morgan fingerprint density at radius 3 is 2.60 bits per heavy atom. The summed E-state index contributed by atoms with van der Waals surface area (Å²) in [4.78, 5) is 0. The van der Waals surface area contributed by atoms with Gasteiger partial charge in [0.1, 0.15) is 6.61 Å². The second-order valence-corrected chi connectivity index (χ2v) is 1.64. The van der Waals surface area contributed by atoms with Gasteiger partial charge in [-0.15, -0.1) is 0 Å². The summed E-state index contributed by atoms with van der Waals surface area (Å²) in [5.74, 6) is 0. The smallest absolute Gasteiger partial charge is 0.261 e. The molecule has 2 N–H and O–H groups in total. The maximum Gasteiger partial charge on any atom is 0.261 e. The fourth-order valence-corrected chi connectivity index (χ4v) is 0.389. The summed E-state index contributed by atoms with van der Waals surface area (Å²) in [7, 11) is 0. The highest BCUT2D eigenvalue weighted by Crippen LogP contribution is 1.91. The Hall–Kier alpha value is -0.480. The van der Waals surface area contributed by atoms with Gasteiger partial charge in [0, 0.05) is 6.54 Å². The summed E-state index contributed by atoms with van der Waals surface area (Å²) in [6, 6.07) is 0. The summed E-state index contributed by atoms with van der Waals surface area (Å²) in [6.07, 6.45) is 0.889. The molecule has 0 bridgehead atoms. The van der Waals surface area contributed by atoms with Crippen molar-refractivity contribution in [2.75, 3.05) is 19.8 Å². The molecule has 0 aromatic heterocycles. The molecule has 60 valence electrons. The van der Waals surface area contributed by atoms with Gasteiger partial charge in [-0.25, -0.2) is 8.78 Å². The zero-order chi connectivity index (χ0) is 7.82. The monoisotopic (exact) mass is 151 g/mol. The second kappa shape index (κ2) is 6.64. The van der Waals surface area contributed by atoms with Crippen molar-refractivity contribution in [1.82, 2.24) is 0 Å². The van der Waals surface area contributed by atoms with Gasteiger partial charge in [0.15, 0.2) is 0 Å². The first-order valence-electron chi connectivity index (χ1n) is 2.98. The summed E-state index contributed by atoms with van der Waals surface area (Å²) >= 11 is 0. The van der Waals surface area contributed by atoms with Crippen LogP contribution in [0.1, 0.15) is 0 Å². The topological polar surface area (TPSA) is 35.2 Å². The highest BCUT2D eigenvalue weighted by molar-refractivity contribution is 4.81. The summed E-state index contributed by atoms with van der Waals surface area (Å²) in [5, 5.41) is 0. The van der Waals surface area contributed by atoms with Gasteiger partial charge in [0.25, 0.3) is 6.43 Å². The highest BCUT2D eigenvalue weighted by atomic mass is 19.3. The van der Waals surface area contributed by atoms with Gasteiger partial charge in [-0.1, -0.05) is 12.2 Å². The molecule has 0 aromatic rings. The number of rotatable bonds is 5. The number of hydrogen-bond acceptors (Lipinski definition) is 2. The number of hydrogen-bond donors (Lipinski definition) is 1. The minimum atomic E-state index is -2.38.